The maximum atomic E-state index is 13.3. The number of nitrogens with one attached hydrogen (secondary N) is 1. The number of aldehydes is 1. The molecule has 2 amide bonds. The highest BCUT2D eigenvalue weighted by Gasteiger charge is 2.73. The summed E-state index contributed by atoms with van der Waals surface area (Å²) in [6, 6.07) is -1.25. The van der Waals surface area contributed by atoms with Crippen molar-refractivity contribution in [3.05, 3.63) is 11.1 Å². The second kappa shape index (κ2) is 11.6. The summed E-state index contributed by atoms with van der Waals surface area (Å²) >= 11 is -0.0555. The number of hydrogen-bond acceptors (Lipinski definition) is 14. The van der Waals surface area contributed by atoms with Crippen molar-refractivity contribution < 1.29 is 53.0 Å². The minimum Gasteiger partial charge on any atom is -0.478 e. The molecule has 3 rings (SSSR count). The zero-order valence-electron chi connectivity index (χ0n) is 20.1. The summed E-state index contributed by atoms with van der Waals surface area (Å²) in [5, 5.41) is 34.7. The Balaban J connectivity index is 1.95. The minimum absolute atomic E-state index is 0.0285. The number of anilines is 1. The van der Waals surface area contributed by atoms with Gasteiger partial charge >= 0.3 is 5.97 Å². The summed E-state index contributed by atoms with van der Waals surface area (Å²) in [6.07, 6.45) is 0.760. The van der Waals surface area contributed by atoms with E-state index in [1.54, 1.807) is 6.92 Å². The molecule has 1 unspecified atom stereocenters. The summed E-state index contributed by atoms with van der Waals surface area (Å²) in [5.41, 5.74) is 0.428. The normalized spacial score (nSPS) is 27.1. The van der Waals surface area contributed by atoms with Crippen LogP contribution in [-0.2, 0) is 48.9 Å². The van der Waals surface area contributed by atoms with Crippen LogP contribution >= 0.6 is 11.3 Å². The molecule has 1 aromatic rings. The minimum atomic E-state index is -2.58. The van der Waals surface area contributed by atoms with Gasteiger partial charge in [-0.25, -0.2) is 14.7 Å². The van der Waals surface area contributed by atoms with E-state index in [1.165, 1.54) is 12.5 Å². The first kappa shape index (κ1) is 29.2. The van der Waals surface area contributed by atoms with Crippen LogP contribution in [0.15, 0.2) is 10.5 Å². The van der Waals surface area contributed by atoms with E-state index in [0.717, 1.165) is 16.2 Å². The van der Waals surface area contributed by atoms with Crippen LogP contribution in [0.25, 0.3) is 0 Å². The zero-order valence-corrected chi connectivity index (χ0v) is 21.8. The number of aliphatic hydroxyl groups is 2. The van der Waals surface area contributed by atoms with E-state index < -0.39 is 76.5 Å². The van der Waals surface area contributed by atoms with E-state index in [4.69, 9.17) is 19.5 Å². The van der Waals surface area contributed by atoms with Crippen molar-refractivity contribution >= 4 is 63.9 Å². The van der Waals surface area contributed by atoms with Gasteiger partial charge in [-0.2, -0.15) is 4.18 Å². The van der Waals surface area contributed by atoms with Crippen molar-refractivity contribution in [3.63, 3.8) is 0 Å². The molecule has 0 aliphatic carbocycles. The molecule has 0 saturated carbocycles. The standard InChI is InChI=1S/C20H25N5O11S2/c1-3-10-5-38(34-2)16-13(15(31)25(16)20(10,8-28)35-9-29)23-14(30)12(11-4-37-18(21)22-11)24-36-19(6-26,7-27)17(32)33/h4,8-10,13,16,26-27H,3,5-7H2,1-2H3,(H3-,21,22,23,30,32,33)/p+1/b24-12-/t10-,13+,16+,20-,38?/m0/s1. The maximum absolute atomic E-state index is 13.3. The Bertz CT molecular complexity index is 1130. The van der Waals surface area contributed by atoms with E-state index in [-0.39, 0.29) is 23.1 Å². The molecule has 18 heteroatoms. The number of oxime groups is 1. The van der Waals surface area contributed by atoms with Gasteiger partial charge in [0, 0.05) is 5.38 Å². The predicted molar refractivity (Wildman–Crippen MR) is 130 cm³/mol. The lowest BCUT2D eigenvalue weighted by Crippen LogP contribution is -2.84. The third kappa shape index (κ3) is 4.80. The van der Waals surface area contributed by atoms with Crippen LogP contribution < -0.4 is 11.1 Å². The summed E-state index contributed by atoms with van der Waals surface area (Å²) in [7, 11) is 1.40. The Kier molecular flexibility index (Phi) is 8.93. The first-order valence-corrected chi connectivity index (χ1v) is 13.2. The SMILES string of the molecule is CC[C@H]1C[S+](OC)[C@@H]2[C@H](NC(=O)/C(=N\OC(CO)(CO)C(=O)O)c3csc(N)n3)C(=O)N2[C@@]1(C=O)OC=O. The maximum Gasteiger partial charge on any atom is 0.355 e. The van der Waals surface area contributed by atoms with Crippen molar-refractivity contribution in [1.82, 2.24) is 15.2 Å². The van der Waals surface area contributed by atoms with Crippen LogP contribution in [0.4, 0.5) is 5.13 Å². The third-order valence-electron chi connectivity index (χ3n) is 6.23. The number of carbonyl (C=O) groups is 5. The average Bonchev–Trinajstić information content (AvgIpc) is 3.34. The predicted octanol–water partition coefficient (Wildman–Crippen LogP) is -2.81. The van der Waals surface area contributed by atoms with Crippen LogP contribution in [0.5, 0.6) is 0 Å². The topological polar surface area (TPSA) is 240 Å². The summed E-state index contributed by atoms with van der Waals surface area (Å²) in [6.45, 7) is -0.533. The van der Waals surface area contributed by atoms with Crippen molar-refractivity contribution in [3.8, 4) is 0 Å². The van der Waals surface area contributed by atoms with Gasteiger partial charge in [0.25, 0.3) is 35.0 Å². The number of carbonyl (C=O) groups excluding carboxylic acids is 4. The van der Waals surface area contributed by atoms with E-state index in [2.05, 4.69) is 15.5 Å². The van der Waals surface area contributed by atoms with Crippen molar-refractivity contribution in [2.45, 2.75) is 36.1 Å². The zero-order chi connectivity index (χ0) is 28.3. The van der Waals surface area contributed by atoms with Crippen molar-refractivity contribution in [2.75, 3.05) is 31.8 Å². The second-order valence-corrected chi connectivity index (χ2v) is 11.0. The van der Waals surface area contributed by atoms with Gasteiger partial charge in [0.05, 0.1) is 26.2 Å². The van der Waals surface area contributed by atoms with Gasteiger partial charge in [0.1, 0.15) is 5.69 Å². The number of nitrogens with zero attached hydrogens (tertiary/aromatic N) is 3. The Morgan fingerprint density at radius 1 is 1.42 bits per heavy atom. The number of β-lactam (4-membered cyclic amide) rings is 1. The number of thiazole rings is 1. The Hall–Kier alpha value is -3.32. The van der Waals surface area contributed by atoms with Gasteiger partial charge < -0.3 is 35.9 Å². The number of aliphatic carboxylic acids is 1. The van der Waals surface area contributed by atoms with Gasteiger partial charge in [-0.15, -0.1) is 11.3 Å². The highest BCUT2D eigenvalue weighted by molar-refractivity contribution is 7.93. The number of amides is 2. The molecule has 2 saturated heterocycles. The van der Waals surface area contributed by atoms with Crippen LogP contribution in [0.2, 0.25) is 0 Å². The van der Waals surface area contributed by atoms with Gasteiger partial charge in [-0.05, 0) is 6.42 Å². The molecule has 6 N–H and O–H groups in total. The summed E-state index contributed by atoms with van der Waals surface area (Å²) in [5.74, 6) is -3.86. The number of nitrogens with two attached hydrogens (primary N) is 1. The number of aromatic nitrogens is 1. The van der Waals surface area contributed by atoms with Crippen molar-refractivity contribution in [1.29, 1.82) is 0 Å². The fraction of sp³-hybridized carbons (Fsp3) is 0.550. The third-order valence-corrected chi connectivity index (χ3v) is 9.09. The van der Waals surface area contributed by atoms with Crippen LogP contribution in [0.3, 0.4) is 0 Å². The van der Waals surface area contributed by atoms with E-state index >= 15 is 0 Å². The molecule has 208 valence electrons. The Morgan fingerprint density at radius 2 is 2.11 bits per heavy atom. The van der Waals surface area contributed by atoms with Gasteiger partial charge in [0.15, 0.2) is 40.1 Å². The lowest BCUT2D eigenvalue weighted by molar-refractivity contribution is -0.209. The lowest BCUT2D eigenvalue weighted by Gasteiger charge is -2.55. The van der Waals surface area contributed by atoms with Gasteiger partial charge in [-0.3, -0.25) is 19.2 Å². The molecule has 16 nitrogen and oxygen atoms in total. The lowest BCUT2D eigenvalue weighted by atomic mass is 9.88. The second-order valence-electron chi connectivity index (χ2n) is 8.17. The Morgan fingerprint density at radius 3 is 2.58 bits per heavy atom. The summed E-state index contributed by atoms with van der Waals surface area (Å²) < 4.78 is 10.7. The van der Waals surface area contributed by atoms with E-state index in [1.807, 2.05) is 0 Å². The smallest absolute Gasteiger partial charge is 0.355 e. The Labute approximate surface area is 222 Å². The molecule has 0 aromatic carbocycles. The number of carboxylic acids is 1. The number of carboxylic acid groups (broad SMARTS) is 1. The molecule has 0 bridgehead atoms. The molecule has 2 fully saturated rings. The fourth-order valence-electron chi connectivity index (χ4n) is 4.06. The van der Waals surface area contributed by atoms with Crippen LogP contribution in [0, 0.1) is 5.92 Å². The van der Waals surface area contributed by atoms with Gasteiger partial charge in [-0.1, -0.05) is 12.1 Å². The largest absolute Gasteiger partial charge is 0.478 e. The number of fused-ring (bicyclic) bond motifs is 1. The number of aliphatic hydroxyl groups excluding tert-OH is 2. The van der Waals surface area contributed by atoms with E-state index in [9.17, 15) is 39.3 Å². The first-order chi connectivity index (χ1) is 18.1. The fourth-order valence-corrected chi connectivity index (χ4v) is 7.01. The molecule has 0 radical (unpaired) electrons. The number of rotatable bonds is 13. The molecular weight excluding hydrogens is 550 g/mol. The number of nitrogen functional groups attached to an aromatic ring is 1. The first-order valence-electron chi connectivity index (χ1n) is 11.0. The molecule has 38 heavy (non-hydrogen) atoms. The molecule has 0 spiro atoms. The average molecular weight is 577 g/mol. The quantitative estimate of drug-likeness (QED) is 0.0524. The number of hydrogen-bond donors (Lipinski definition) is 5. The summed E-state index contributed by atoms with van der Waals surface area (Å²) in [4.78, 5) is 71.3. The molecular formula is C20H26N5O11S2+. The molecule has 2 aliphatic heterocycles. The monoisotopic (exact) mass is 576 g/mol. The van der Waals surface area contributed by atoms with Crippen molar-refractivity contribution in [2.24, 2.45) is 11.1 Å². The molecule has 3 heterocycles. The molecule has 5 atom stereocenters. The molecule has 1 aromatic heterocycles. The number of ether oxygens (including phenoxy) is 1. The van der Waals surface area contributed by atoms with E-state index in [0.29, 0.717) is 12.7 Å². The highest BCUT2D eigenvalue weighted by atomic mass is 32.2. The van der Waals surface area contributed by atoms with Gasteiger partial charge in [0.2, 0.25) is 0 Å². The van der Waals surface area contributed by atoms with Crippen LogP contribution in [0.1, 0.15) is 19.0 Å². The highest BCUT2D eigenvalue weighted by Crippen LogP contribution is 2.45. The molecule has 2 aliphatic rings. The van der Waals surface area contributed by atoms with Crippen LogP contribution in [-0.4, -0.2) is 110 Å².